The van der Waals surface area contributed by atoms with E-state index in [1.54, 1.807) is 23.9 Å². The van der Waals surface area contributed by atoms with Crippen LogP contribution in [0.25, 0.3) is 0 Å². The molecule has 0 atom stereocenters. The van der Waals surface area contributed by atoms with Gasteiger partial charge >= 0.3 is 0 Å². The van der Waals surface area contributed by atoms with Crippen LogP contribution < -0.4 is 11.3 Å². The maximum Gasteiger partial charge on any atom is 0.283 e. The number of aromatic nitrogens is 1. The van der Waals surface area contributed by atoms with Gasteiger partial charge in [-0.2, -0.15) is 11.8 Å². The van der Waals surface area contributed by atoms with Crippen molar-refractivity contribution in [2.45, 2.75) is 5.75 Å². The number of nitrogen functional groups attached to an aromatic ring is 1. The number of nitrogens with one attached hydrogen (secondary N) is 1. The van der Waals surface area contributed by atoms with Gasteiger partial charge in [0.2, 0.25) is 0 Å². The minimum absolute atomic E-state index is 0.356. The predicted molar refractivity (Wildman–Crippen MR) is 53.1 cm³/mol. The molecule has 1 heterocycles. The number of rotatable bonds is 3. The second kappa shape index (κ2) is 4.84. The molecular weight excluding hydrogens is 186 g/mol. The highest BCUT2D eigenvalue weighted by molar-refractivity contribution is 7.97. The molecule has 0 saturated heterocycles. The molecule has 0 saturated carbocycles. The molecule has 0 spiro atoms. The van der Waals surface area contributed by atoms with Gasteiger partial charge in [0.25, 0.3) is 5.91 Å². The molecule has 1 aromatic heterocycles. The molecule has 0 aliphatic heterocycles. The van der Waals surface area contributed by atoms with Crippen molar-refractivity contribution in [3.8, 4) is 0 Å². The van der Waals surface area contributed by atoms with Gasteiger partial charge in [-0.1, -0.05) is 6.07 Å². The van der Waals surface area contributed by atoms with Crippen molar-refractivity contribution in [1.29, 1.82) is 0 Å². The highest BCUT2D eigenvalue weighted by Crippen LogP contribution is 2.06. The lowest BCUT2D eigenvalue weighted by Gasteiger charge is -2.01. The summed E-state index contributed by atoms with van der Waals surface area (Å²) < 4.78 is 0. The highest BCUT2D eigenvalue weighted by atomic mass is 32.2. The van der Waals surface area contributed by atoms with Gasteiger partial charge in [0.1, 0.15) is 5.69 Å². The lowest BCUT2D eigenvalue weighted by atomic mass is 10.3. The SMILES string of the molecule is CSCc1cccc(C(=O)NN)n1. The van der Waals surface area contributed by atoms with Gasteiger partial charge < -0.3 is 0 Å². The quantitative estimate of drug-likeness (QED) is 0.422. The van der Waals surface area contributed by atoms with Crippen LogP contribution in [0, 0.1) is 0 Å². The average Bonchev–Trinajstić information content (AvgIpc) is 2.18. The third kappa shape index (κ3) is 2.71. The summed E-state index contributed by atoms with van der Waals surface area (Å²) in [6.07, 6.45) is 1.98. The predicted octanol–water partition coefficient (Wildman–Crippen LogP) is 0.548. The number of carbonyl (C=O) groups is 1. The van der Waals surface area contributed by atoms with Gasteiger partial charge in [0, 0.05) is 5.75 Å². The smallest absolute Gasteiger partial charge is 0.283 e. The Kier molecular flexibility index (Phi) is 3.72. The Morgan fingerprint density at radius 3 is 3.08 bits per heavy atom. The standard InChI is InChI=1S/C8H11N3OS/c1-13-5-6-3-2-4-7(10-6)8(12)11-9/h2-4H,5,9H2,1H3,(H,11,12). The number of thioether (sulfide) groups is 1. The fourth-order valence-electron chi connectivity index (χ4n) is 0.908. The van der Waals surface area contributed by atoms with Crippen LogP contribution in [0.2, 0.25) is 0 Å². The lowest BCUT2D eigenvalue weighted by molar-refractivity contribution is 0.0948. The van der Waals surface area contributed by atoms with Crippen LogP contribution in [0.1, 0.15) is 16.2 Å². The average molecular weight is 197 g/mol. The molecular formula is C8H11N3OS. The number of carbonyl (C=O) groups excluding carboxylic acids is 1. The maximum absolute atomic E-state index is 11.1. The monoisotopic (exact) mass is 197 g/mol. The van der Waals surface area contributed by atoms with Crippen molar-refractivity contribution in [2.75, 3.05) is 6.26 Å². The van der Waals surface area contributed by atoms with Gasteiger partial charge in [-0.25, -0.2) is 10.8 Å². The number of hydrazine groups is 1. The van der Waals surface area contributed by atoms with E-state index in [1.807, 2.05) is 17.7 Å². The first-order valence-electron chi connectivity index (χ1n) is 3.73. The van der Waals surface area contributed by atoms with Crippen LogP contribution in [0.4, 0.5) is 0 Å². The van der Waals surface area contributed by atoms with Crippen molar-refractivity contribution in [3.63, 3.8) is 0 Å². The van der Waals surface area contributed by atoms with E-state index in [1.165, 1.54) is 0 Å². The molecule has 1 rings (SSSR count). The van der Waals surface area contributed by atoms with Crippen LogP contribution in [0.5, 0.6) is 0 Å². The minimum atomic E-state index is -0.358. The number of hydrogen-bond acceptors (Lipinski definition) is 4. The number of pyridine rings is 1. The lowest BCUT2D eigenvalue weighted by Crippen LogP contribution is -2.30. The van der Waals surface area contributed by atoms with Gasteiger partial charge in [0.05, 0.1) is 5.69 Å². The fourth-order valence-corrected chi connectivity index (χ4v) is 1.36. The summed E-state index contributed by atoms with van der Waals surface area (Å²) in [7, 11) is 0. The van der Waals surface area contributed by atoms with E-state index in [-0.39, 0.29) is 5.91 Å². The Bertz CT molecular complexity index is 303. The molecule has 0 aliphatic rings. The second-order valence-corrected chi connectivity index (χ2v) is 3.29. The van der Waals surface area contributed by atoms with Gasteiger partial charge in [-0.05, 0) is 18.4 Å². The van der Waals surface area contributed by atoms with E-state index in [0.29, 0.717) is 5.69 Å². The maximum atomic E-state index is 11.1. The third-order valence-electron chi connectivity index (χ3n) is 1.46. The fraction of sp³-hybridized carbons (Fsp3) is 0.250. The summed E-state index contributed by atoms with van der Waals surface area (Å²) in [5.74, 6) is 5.42. The van der Waals surface area contributed by atoms with Crippen LogP contribution in [-0.2, 0) is 5.75 Å². The zero-order valence-electron chi connectivity index (χ0n) is 7.28. The molecule has 1 amide bonds. The number of nitrogens with zero attached hydrogens (tertiary/aromatic N) is 1. The molecule has 70 valence electrons. The topological polar surface area (TPSA) is 68.0 Å². The Labute approximate surface area is 80.9 Å². The summed E-state index contributed by atoms with van der Waals surface area (Å²) in [4.78, 5) is 15.2. The molecule has 0 unspecified atom stereocenters. The van der Waals surface area contributed by atoms with E-state index >= 15 is 0 Å². The Balaban J connectivity index is 2.85. The summed E-state index contributed by atoms with van der Waals surface area (Å²) in [5, 5.41) is 0. The number of nitrogens with two attached hydrogens (primary N) is 1. The largest absolute Gasteiger partial charge is 0.289 e. The van der Waals surface area contributed by atoms with E-state index < -0.39 is 0 Å². The van der Waals surface area contributed by atoms with Crippen molar-refractivity contribution in [3.05, 3.63) is 29.6 Å². The Morgan fingerprint density at radius 2 is 2.46 bits per heavy atom. The Morgan fingerprint density at radius 1 is 1.69 bits per heavy atom. The molecule has 0 aliphatic carbocycles. The Hall–Kier alpha value is -1.07. The molecule has 0 radical (unpaired) electrons. The first-order valence-corrected chi connectivity index (χ1v) is 5.13. The first-order chi connectivity index (χ1) is 6.27. The van der Waals surface area contributed by atoms with Gasteiger partial charge in [-0.15, -0.1) is 0 Å². The van der Waals surface area contributed by atoms with Crippen LogP contribution in [0.3, 0.4) is 0 Å². The van der Waals surface area contributed by atoms with Crippen molar-refractivity contribution in [1.82, 2.24) is 10.4 Å². The first kappa shape index (κ1) is 10.0. The van der Waals surface area contributed by atoms with Crippen molar-refractivity contribution < 1.29 is 4.79 Å². The van der Waals surface area contributed by atoms with E-state index in [2.05, 4.69) is 4.98 Å². The molecule has 0 aromatic carbocycles. The van der Waals surface area contributed by atoms with Gasteiger partial charge in [0.15, 0.2) is 0 Å². The summed E-state index contributed by atoms with van der Waals surface area (Å²) >= 11 is 1.66. The van der Waals surface area contributed by atoms with Crippen LogP contribution in [0.15, 0.2) is 18.2 Å². The number of amides is 1. The molecule has 13 heavy (non-hydrogen) atoms. The molecule has 4 nitrogen and oxygen atoms in total. The molecule has 0 bridgehead atoms. The van der Waals surface area contributed by atoms with Gasteiger partial charge in [-0.3, -0.25) is 10.2 Å². The van der Waals surface area contributed by atoms with Crippen molar-refractivity contribution >= 4 is 17.7 Å². The molecule has 3 N–H and O–H groups in total. The van der Waals surface area contributed by atoms with E-state index in [0.717, 1.165) is 11.4 Å². The van der Waals surface area contributed by atoms with Crippen molar-refractivity contribution in [2.24, 2.45) is 5.84 Å². The second-order valence-electron chi connectivity index (χ2n) is 2.42. The zero-order valence-corrected chi connectivity index (χ0v) is 8.10. The number of hydrogen-bond donors (Lipinski definition) is 2. The minimum Gasteiger partial charge on any atom is -0.289 e. The molecule has 0 fully saturated rings. The van der Waals surface area contributed by atoms with E-state index in [9.17, 15) is 4.79 Å². The zero-order chi connectivity index (χ0) is 9.68. The normalized spacial score (nSPS) is 9.69. The van der Waals surface area contributed by atoms with Crippen LogP contribution in [-0.4, -0.2) is 17.1 Å². The summed E-state index contributed by atoms with van der Waals surface area (Å²) in [6, 6.07) is 5.30. The summed E-state index contributed by atoms with van der Waals surface area (Å²) in [6.45, 7) is 0. The molecule has 5 heteroatoms. The highest BCUT2D eigenvalue weighted by Gasteiger charge is 2.04. The molecule has 1 aromatic rings. The van der Waals surface area contributed by atoms with Crippen LogP contribution >= 0.6 is 11.8 Å². The van der Waals surface area contributed by atoms with E-state index in [4.69, 9.17) is 5.84 Å². The third-order valence-corrected chi connectivity index (χ3v) is 2.05. The summed E-state index contributed by atoms with van der Waals surface area (Å²) in [5.41, 5.74) is 3.28.